The summed E-state index contributed by atoms with van der Waals surface area (Å²) >= 11 is 5.90. The smallest absolute Gasteiger partial charge is 0.272 e. The number of hydrogen-bond acceptors (Lipinski definition) is 3. The fourth-order valence-corrected chi connectivity index (χ4v) is 2.17. The van der Waals surface area contributed by atoms with Gasteiger partial charge in [0, 0.05) is 17.6 Å². The van der Waals surface area contributed by atoms with Crippen molar-refractivity contribution in [3.05, 3.63) is 64.8 Å². The lowest BCUT2D eigenvalue weighted by atomic mass is 10.1. The van der Waals surface area contributed by atoms with E-state index < -0.39 is 5.91 Å². The molecule has 0 heterocycles. The molecule has 0 atom stereocenters. The first kappa shape index (κ1) is 17.6. The number of hydrogen-bond donors (Lipinski definition) is 2. The molecule has 0 saturated carbocycles. The van der Waals surface area contributed by atoms with Gasteiger partial charge in [0.2, 0.25) is 5.91 Å². The second-order valence-corrected chi connectivity index (χ2v) is 5.41. The Labute approximate surface area is 145 Å². The number of rotatable bonds is 5. The molecule has 0 bridgehead atoms. The fraction of sp³-hybridized carbons (Fsp3) is 0.111. The predicted octanol–water partition coefficient (Wildman–Crippen LogP) is 3.46. The van der Waals surface area contributed by atoms with Crippen LogP contribution in [0, 0.1) is 0 Å². The third kappa shape index (κ3) is 5.14. The minimum absolute atomic E-state index is 0.132. The van der Waals surface area contributed by atoms with Crippen LogP contribution in [0.1, 0.15) is 12.5 Å². The van der Waals surface area contributed by atoms with Gasteiger partial charge in [-0.05, 0) is 42.0 Å². The monoisotopic (exact) mass is 344 g/mol. The summed E-state index contributed by atoms with van der Waals surface area (Å²) in [6.45, 7) is 1.34. The van der Waals surface area contributed by atoms with Crippen molar-refractivity contribution in [2.75, 3.05) is 12.4 Å². The maximum absolute atomic E-state index is 12.4. The molecule has 2 rings (SSSR count). The van der Waals surface area contributed by atoms with Crippen LogP contribution in [-0.4, -0.2) is 18.9 Å². The summed E-state index contributed by atoms with van der Waals surface area (Å²) in [5.74, 6) is -0.0732. The Morgan fingerprint density at radius 1 is 1.12 bits per heavy atom. The number of carbonyl (C=O) groups is 2. The van der Waals surface area contributed by atoms with Gasteiger partial charge in [0.05, 0.1) is 7.11 Å². The number of carbonyl (C=O) groups excluding carboxylic acids is 2. The molecule has 0 spiro atoms. The maximum Gasteiger partial charge on any atom is 0.272 e. The molecule has 0 aliphatic rings. The fourth-order valence-electron chi connectivity index (χ4n) is 1.98. The quantitative estimate of drug-likeness (QED) is 0.816. The number of ether oxygens (including phenoxy) is 1. The minimum Gasteiger partial charge on any atom is -0.497 e. The number of amides is 2. The van der Waals surface area contributed by atoms with E-state index >= 15 is 0 Å². The van der Waals surface area contributed by atoms with Gasteiger partial charge in [-0.3, -0.25) is 9.59 Å². The number of methoxy groups -OCH3 is 1. The van der Waals surface area contributed by atoms with Crippen LogP contribution in [0.15, 0.2) is 54.2 Å². The van der Waals surface area contributed by atoms with Gasteiger partial charge in [-0.1, -0.05) is 29.8 Å². The van der Waals surface area contributed by atoms with Crippen molar-refractivity contribution in [1.82, 2.24) is 5.32 Å². The largest absolute Gasteiger partial charge is 0.497 e. The zero-order valence-corrected chi connectivity index (χ0v) is 14.1. The van der Waals surface area contributed by atoms with Crippen molar-refractivity contribution in [3.8, 4) is 5.75 Å². The molecule has 0 unspecified atom stereocenters. The number of benzene rings is 2. The number of anilines is 1. The maximum atomic E-state index is 12.4. The van der Waals surface area contributed by atoms with Gasteiger partial charge in [0.15, 0.2) is 0 Å². The Morgan fingerprint density at radius 3 is 2.42 bits per heavy atom. The van der Waals surface area contributed by atoms with Crippen molar-refractivity contribution in [2.24, 2.45) is 0 Å². The van der Waals surface area contributed by atoms with Gasteiger partial charge in [0.1, 0.15) is 11.4 Å². The van der Waals surface area contributed by atoms with E-state index in [0.29, 0.717) is 16.5 Å². The number of nitrogens with one attached hydrogen (secondary N) is 2. The van der Waals surface area contributed by atoms with Crippen LogP contribution in [0.3, 0.4) is 0 Å². The molecule has 0 aliphatic carbocycles. The molecule has 2 amide bonds. The highest BCUT2D eigenvalue weighted by Gasteiger charge is 2.12. The Kier molecular flexibility index (Phi) is 5.98. The molecule has 6 heteroatoms. The molecule has 0 fully saturated rings. The van der Waals surface area contributed by atoms with E-state index in [1.54, 1.807) is 61.7 Å². The normalized spacial score (nSPS) is 10.9. The Hall–Kier alpha value is -2.79. The van der Waals surface area contributed by atoms with Crippen LogP contribution < -0.4 is 15.4 Å². The van der Waals surface area contributed by atoms with Gasteiger partial charge < -0.3 is 15.4 Å². The summed E-state index contributed by atoms with van der Waals surface area (Å²) in [4.78, 5) is 23.8. The van der Waals surface area contributed by atoms with E-state index in [1.807, 2.05) is 0 Å². The van der Waals surface area contributed by atoms with Gasteiger partial charge in [0.25, 0.3) is 5.91 Å². The zero-order valence-electron chi connectivity index (χ0n) is 13.3. The van der Waals surface area contributed by atoms with Crippen molar-refractivity contribution in [1.29, 1.82) is 0 Å². The molecule has 124 valence electrons. The van der Waals surface area contributed by atoms with E-state index in [0.717, 1.165) is 5.56 Å². The second-order valence-electron chi connectivity index (χ2n) is 4.98. The van der Waals surface area contributed by atoms with Crippen molar-refractivity contribution in [3.63, 3.8) is 0 Å². The first-order chi connectivity index (χ1) is 11.5. The van der Waals surface area contributed by atoms with Crippen molar-refractivity contribution >= 4 is 35.2 Å². The molecule has 2 N–H and O–H groups in total. The molecule has 5 nitrogen and oxygen atoms in total. The molecular weight excluding hydrogens is 328 g/mol. The van der Waals surface area contributed by atoms with E-state index in [4.69, 9.17) is 16.3 Å². The van der Waals surface area contributed by atoms with Crippen LogP contribution in [0.5, 0.6) is 5.75 Å². The Balaban J connectivity index is 2.24. The lowest BCUT2D eigenvalue weighted by molar-refractivity contribution is -0.120. The molecule has 0 aliphatic heterocycles. The molecule has 24 heavy (non-hydrogen) atoms. The van der Waals surface area contributed by atoms with Crippen LogP contribution in [0.4, 0.5) is 5.69 Å². The van der Waals surface area contributed by atoms with Crippen LogP contribution in [0.2, 0.25) is 5.02 Å². The van der Waals surface area contributed by atoms with E-state index in [9.17, 15) is 9.59 Å². The SMILES string of the molecule is COc1ccc(C=C(NC(C)=O)C(=O)Nc2cccc(Cl)c2)cc1. The van der Waals surface area contributed by atoms with E-state index in [1.165, 1.54) is 6.92 Å². The second kappa shape index (κ2) is 8.17. The van der Waals surface area contributed by atoms with E-state index in [-0.39, 0.29) is 11.6 Å². The summed E-state index contributed by atoms with van der Waals surface area (Å²) < 4.78 is 5.09. The third-order valence-corrected chi connectivity index (χ3v) is 3.30. The van der Waals surface area contributed by atoms with E-state index in [2.05, 4.69) is 10.6 Å². The zero-order chi connectivity index (χ0) is 17.5. The highest BCUT2D eigenvalue weighted by molar-refractivity contribution is 6.31. The molecule has 2 aromatic rings. The highest BCUT2D eigenvalue weighted by atomic mass is 35.5. The summed E-state index contributed by atoms with van der Waals surface area (Å²) in [7, 11) is 1.58. The lowest BCUT2D eigenvalue weighted by Crippen LogP contribution is -2.28. The number of halogens is 1. The third-order valence-electron chi connectivity index (χ3n) is 3.06. The van der Waals surface area contributed by atoms with Crippen molar-refractivity contribution in [2.45, 2.75) is 6.92 Å². The lowest BCUT2D eigenvalue weighted by Gasteiger charge is -2.10. The average molecular weight is 345 g/mol. The minimum atomic E-state index is -0.441. The Bertz CT molecular complexity index is 770. The van der Waals surface area contributed by atoms with Crippen LogP contribution in [0.25, 0.3) is 6.08 Å². The Morgan fingerprint density at radius 2 is 1.83 bits per heavy atom. The first-order valence-corrected chi connectivity index (χ1v) is 7.56. The molecule has 2 aromatic carbocycles. The molecule has 0 radical (unpaired) electrons. The van der Waals surface area contributed by atoms with Crippen LogP contribution in [-0.2, 0) is 9.59 Å². The van der Waals surface area contributed by atoms with Gasteiger partial charge in [-0.15, -0.1) is 0 Å². The standard InChI is InChI=1S/C18H17ClN2O3/c1-12(22)20-17(10-13-6-8-16(24-2)9-7-13)18(23)21-15-5-3-4-14(19)11-15/h3-11H,1-2H3,(H,20,22)(H,21,23). The van der Waals surface area contributed by atoms with Gasteiger partial charge in [-0.25, -0.2) is 0 Å². The summed E-state index contributed by atoms with van der Waals surface area (Å²) in [6.07, 6.45) is 1.58. The predicted molar refractivity (Wildman–Crippen MR) is 94.9 cm³/mol. The summed E-state index contributed by atoms with van der Waals surface area (Å²) in [5.41, 5.74) is 1.42. The summed E-state index contributed by atoms with van der Waals surface area (Å²) in [5, 5.41) is 5.74. The average Bonchev–Trinajstić information content (AvgIpc) is 2.54. The summed E-state index contributed by atoms with van der Waals surface area (Å²) in [6, 6.07) is 13.9. The topological polar surface area (TPSA) is 67.4 Å². The molecule has 0 saturated heterocycles. The highest BCUT2D eigenvalue weighted by Crippen LogP contribution is 2.17. The molecular formula is C18H17ClN2O3. The van der Waals surface area contributed by atoms with Crippen molar-refractivity contribution < 1.29 is 14.3 Å². The molecule has 0 aromatic heterocycles. The van der Waals surface area contributed by atoms with Gasteiger partial charge >= 0.3 is 0 Å². The first-order valence-electron chi connectivity index (χ1n) is 7.18. The van der Waals surface area contributed by atoms with Crippen LogP contribution >= 0.6 is 11.6 Å². The van der Waals surface area contributed by atoms with Gasteiger partial charge in [-0.2, -0.15) is 0 Å².